The molecule has 4 N–H and O–H groups in total. The summed E-state index contributed by atoms with van der Waals surface area (Å²) in [6.45, 7) is 1.36. The van der Waals surface area contributed by atoms with Crippen LogP contribution in [0.4, 0.5) is 5.69 Å². The van der Waals surface area contributed by atoms with Gasteiger partial charge in [-0.2, -0.15) is 0 Å². The number of nitrogens with zero attached hydrogens (tertiary/aromatic N) is 1. The lowest BCUT2D eigenvalue weighted by atomic mass is 10.1. The van der Waals surface area contributed by atoms with Crippen molar-refractivity contribution in [2.75, 3.05) is 18.9 Å². The van der Waals surface area contributed by atoms with Crippen molar-refractivity contribution in [1.82, 2.24) is 15.3 Å². The van der Waals surface area contributed by atoms with Crippen LogP contribution in [0.2, 0.25) is 0 Å². The summed E-state index contributed by atoms with van der Waals surface area (Å²) in [5.41, 5.74) is 7.45. The molecule has 0 saturated carbocycles. The second-order valence-electron chi connectivity index (χ2n) is 6.29. The summed E-state index contributed by atoms with van der Waals surface area (Å²) in [5, 5.41) is 3.79. The van der Waals surface area contributed by atoms with Gasteiger partial charge < -0.3 is 25.5 Å². The van der Waals surface area contributed by atoms with Crippen LogP contribution in [-0.4, -0.2) is 35.1 Å². The number of H-pyrrole nitrogens is 1. The molecule has 1 aliphatic rings. The third-order valence-electron chi connectivity index (χ3n) is 4.40. The Labute approximate surface area is 150 Å². The third-order valence-corrected chi connectivity index (χ3v) is 4.40. The molecule has 7 heteroatoms. The van der Waals surface area contributed by atoms with Gasteiger partial charge in [0, 0.05) is 31.1 Å². The highest BCUT2D eigenvalue weighted by molar-refractivity contribution is 5.98. The van der Waals surface area contributed by atoms with Gasteiger partial charge in [0.2, 0.25) is 0 Å². The number of pyridine rings is 1. The molecular formula is C19H20N4O3. The van der Waals surface area contributed by atoms with E-state index in [1.165, 1.54) is 0 Å². The van der Waals surface area contributed by atoms with Crippen molar-refractivity contribution in [3.8, 4) is 11.5 Å². The second-order valence-corrected chi connectivity index (χ2v) is 6.29. The fourth-order valence-electron chi connectivity index (χ4n) is 2.98. The number of rotatable bonds is 4. The molecule has 3 aromatic rings. The predicted octanol–water partition coefficient (Wildman–Crippen LogP) is 2.85. The number of nitrogen functional groups attached to an aromatic ring is 1. The Kier molecular flexibility index (Phi) is 4.45. The number of amides is 1. The van der Waals surface area contributed by atoms with E-state index in [0.29, 0.717) is 41.7 Å². The zero-order valence-corrected chi connectivity index (χ0v) is 14.2. The summed E-state index contributed by atoms with van der Waals surface area (Å²) in [6.07, 6.45) is 3.30. The fraction of sp³-hybridized carbons (Fsp3) is 0.263. The molecule has 0 unspecified atom stereocenters. The van der Waals surface area contributed by atoms with Gasteiger partial charge in [-0.3, -0.25) is 4.79 Å². The first kappa shape index (κ1) is 16.4. The summed E-state index contributed by atoms with van der Waals surface area (Å²) in [4.78, 5) is 19.9. The van der Waals surface area contributed by atoms with Crippen molar-refractivity contribution in [2.45, 2.75) is 18.9 Å². The van der Waals surface area contributed by atoms with Crippen LogP contribution < -0.4 is 15.8 Å². The largest absolute Gasteiger partial charge is 0.457 e. The van der Waals surface area contributed by atoms with E-state index >= 15 is 0 Å². The second kappa shape index (κ2) is 7.05. The van der Waals surface area contributed by atoms with E-state index in [4.69, 9.17) is 15.2 Å². The van der Waals surface area contributed by atoms with Crippen molar-refractivity contribution < 1.29 is 14.3 Å². The highest BCUT2D eigenvalue weighted by Gasteiger charge is 2.19. The minimum atomic E-state index is -0.145. The molecule has 0 radical (unpaired) electrons. The third kappa shape index (κ3) is 3.48. The van der Waals surface area contributed by atoms with Gasteiger partial charge >= 0.3 is 0 Å². The maximum atomic E-state index is 12.5. The first-order chi connectivity index (χ1) is 12.7. The molecule has 3 heterocycles. The average molecular weight is 352 g/mol. The molecule has 2 aromatic heterocycles. The van der Waals surface area contributed by atoms with Crippen molar-refractivity contribution in [1.29, 1.82) is 0 Å². The maximum absolute atomic E-state index is 12.5. The van der Waals surface area contributed by atoms with Crippen molar-refractivity contribution in [3.05, 3.63) is 48.3 Å². The summed E-state index contributed by atoms with van der Waals surface area (Å²) >= 11 is 0. The van der Waals surface area contributed by atoms with Gasteiger partial charge in [-0.15, -0.1) is 0 Å². The van der Waals surface area contributed by atoms with Gasteiger partial charge in [0.1, 0.15) is 22.8 Å². The summed E-state index contributed by atoms with van der Waals surface area (Å²) < 4.78 is 11.2. The van der Waals surface area contributed by atoms with Crippen LogP contribution in [0.15, 0.2) is 42.6 Å². The SMILES string of the molecule is Nc1ccc(Oc2ccnc3[nH]c(C(=O)NC4CCOCC4)cc23)cc1. The van der Waals surface area contributed by atoms with Crippen LogP contribution in [0.25, 0.3) is 11.0 Å². The standard InChI is InChI=1S/C19H20N4O3/c20-12-1-3-14(4-2-12)26-17-5-8-21-18-15(17)11-16(23-18)19(24)22-13-6-9-25-10-7-13/h1-5,8,11,13H,6-7,9-10,20H2,(H,21,23)(H,22,24). The van der Waals surface area contributed by atoms with Crippen molar-refractivity contribution in [3.63, 3.8) is 0 Å². The maximum Gasteiger partial charge on any atom is 0.267 e. The number of ether oxygens (including phenoxy) is 2. The fourth-order valence-corrected chi connectivity index (χ4v) is 2.98. The number of nitrogens with two attached hydrogens (primary N) is 1. The zero-order valence-electron chi connectivity index (χ0n) is 14.2. The molecule has 1 saturated heterocycles. The first-order valence-corrected chi connectivity index (χ1v) is 8.59. The van der Waals surface area contributed by atoms with Crippen LogP contribution in [0.5, 0.6) is 11.5 Å². The number of anilines is 1. The lowest BCUT2D eigenvalue weighted by molar-refractivity contribution is 0.0694. The number of hydrogen-bond donors (Lipinski definition) is 3. The quantitative estimate of drug-likeness (QED) is 0.627. The Bertz CT molecular complexity index is 914. The molecule has 7 nitrogen and oxygen atoms in total. The Morgan fingerprint density at radius 2 is 2.00 bits per heavy atom. The van der Waals surface area contributed by atoms with Gasteiger partial charge in [-0.1, -0.05) is 0 Å². The molecule has 1 amide bonds. The molecule has 0 atom stereocenters. The van der Waals surface area contributed by atoms with E-state index in [1.54, 1.807) is 42.6 Å². The number of aromatic amines is 1. The molecule has 0 spiro atoms. The molecule has 134 valence electrons. The van der Waals surface area contributed by atoms with E-state index in [1.807, 2.05) is 0 Å². The smallest absolute Gasteiger partial charge is 0.267 e. The topological polar surface area (TPSA) is 102 Å². The molecular weight excluding hydrogens is 332 g/mol. The molecule has 4 rings (SSSR count). The van der Waals surface area contributed by atoms with Crippen LogP contribution in [0, 0.1) is 0 Å². The number of benzene rings is 1. The molecule has 0 bridgehead atoms. The number of aromatic nitrogens is 2. The van der Waals surface area contributed by atoms with Gasteiger partial charge in [0.25, 0.3) is 5.91 Å². The number of nitrogens with one attached hydrogen (secondary N) is 2. The van der Waals surface area contributed by atoms with Gasteiger partial charge in [0.05, 0.1) is 5.39 Å². The molecule has 0 aliphatic carbocycles. The van der Waals surface area contributed by atoms with Gasteiger partial charge in [0.15, 0.2) is 0 Å². The summed E-state index contributed by atoms with van der Waals surface area (Å²) in [5.74, 6) is 1.15. The lowest BCUT2D eigenvalue weighted by Crippen LogP contribution is -2.39. The Morgan fingerprint density at radius 1 is 1.23 bits per heavy atom. The van der Waals surface area contributed by atoms with Crippen LogP contribution in [0.3, 0.4) is 0 Å². The molecule has 1 aliphatic heterocycles. The number of carbonyl (C=O) groups excluding carboxylic acids is 1. The minimum absolute atomic E-state index is 0.140. The van der Waals surface area contributed by atoms with Crippen LogP contribution in [-0.2, 0) is 4.74 Å². The Morgan fingerprint density at radius 3 is 2.77 bits per heavy atom. The lowest BCUT2D eigenvalue weighted by Gasteiger charge is -2.22. The van der Waals surface area contributed by atoms with E-state index in [0.717, 1.165) is 18.2 Å². The molecule has 26 heavy (non-hydrogen) atoms. The Hall–Kier alpha value is -3.06. The number of fused-ring (bicyclic) bond motifs is 1. The van der Waals surface area contributed by atoms with Gasteiger partial charge in [-0.05, 0) is 49.2 Å². The average Bonchev–Trinajstić information content (AvgIpc) is 3.10. The monoisotopic (exact) mass is 352 g/mol. The molecule has 1 aromatic carbocycles. The predicted molar refractivity (Wildman–Crippen MR) is 98.3 cm³/mol. The normalized spacial score (nSPS) is 15.1. The van der Waals surface area contributed by atoms with Crippen molar-refractivity contribution >= 4 is 22.6 Å². The first-order valence-electron chi connectivity index (χ1n) is 8.59. The highest BCUT2D eigenvalue weighted by Crippen LogP contribution is 2.29. The van der Waals surface area contributed by atoms with E-state index in [2.05, 4.69) is 15.3 Å². The number of carbonyl (C=O) groups is 1. The van der Waals surface area contributed by atoms with Crippen LogP contribution >= 0.6 is 0 Å². The summed E-state index contributed by atoms with van der Waals surface area (Å²) in [6, 6.07) is 10.8. The Balaban J connectivity index is 1.56. The molecule has 1 fully saturated rings. The van der Waals surface area contributed by atoms with Gasteiger partial charge in [-0.25, -0.2) is 4.98 Å². The van der Waals surface area contributed by atoms with E-state index in [-0.39, 0.29) is 11.9 Å². The number of hydrogen-bond acceptors (Lipinski definition) is 5. The van der Waals surface area contributed by atoms with E-state index in [9.17, 15) is 4.79 Å². The van der Waals surface area contributed by atoms with E-state index < -0.39 is 0 Å². The summed E-state index contributed by atoms with van der Waals surface area (Å²) in [7, 11) is 0. The minimum Gasteiger partial charge on any atom is -0.457 e. The van der Waals surface area contributed by atoms with Crippen molar-refractivity contribution in [2.24, 2.45) is 0 Å². The van der Waals surface area contributed by atoms with Crippen LogP contribution in [0.1, 0.15) is 23.3 Å². The zero-order chi connectivity index (χ0) is 17.9. The highest BCUT2D eigenvalue weighted by atomic mass is 16.5.